The summed E-state index contributed by atoms with van der Waals surface area (Å²) in [6.45, 7) is 8.69. The maximum Gasteiger partial charge on any atom is 0.224 e. The lowest BCUT2D eigenvalue weighted by Gasteiger charge is -2.05. The average molecular weight is 339 g/mol. The summed E-state index contributed by atoms with van der Waals surface area (Å²) in [5.74, 6) is 0.676. The number of aromatic amines is 1. The molecule has 0 unspecified atom stereocenters. The predicted octanol–water partition coefficient (Wildman–Crippen LogP) is 3.89. The van der Waals surface area contributed by atoms with Gasteiger partial charge in [0.1, 0.15) is 0 Å². The largest absolute Gasteiger partial charge is 0.359 e. The summed E-state index contributed by atoms with van der Waals surface area (Å²) in [7, 11) is 0. The molecule has 0 aliphatic rings. The van der Waals surface area contributed by atoms with E-state index in [9.17, 15) is 4.79 Å². The molecule has 2 N–H and O–H groups in total. The molecular weight excluding hydrogens is 314 g/mol. The molecule has 1 aromatic carbocycles. The maximum atomic E-state index is 12.4. The molecule has 2 aromatic heterocycles. The van der Waals surface area contributed by atoms with Crippen LogP contribution in [0.5, 0.6) is 0 Å². The van der Waals surface area contributed by atoms with Gasteiger partial charge in [-0.2, -0.15) is 0 Å². The number of aromatic nitrogens is 2. The van der Waals surface area contributed by atoms with Crippen LogP contribution in [0, 0.1) is 20.8 Å². The summed E-state index contributed by atoms with van der Waals surface area (Å²) in [6.07, 6.45) is 2.27. The molecular formula is C20H25N3O2. The zero-order valence-electron chi connectivity index (χ0n) is 15.3. The molecule has 5 nitrogen and oxygen atoms in total. The van der Waals surface area contributed by atoms with E-state index in [-0.39, 0.29) is 5.91 Å². The molecule has 0 aliphatic carbocycles. The summed E-state index contributed by atoms with van der Waals surface area (Å²) < 4.78 is 5.25. The van der Waals surface area contributed by atoms with Gasteiger partial charge in [0.25, 0.3) is 0 Å². The number of benzene rings is 1. The van der Waals surface area contributed by atoms with Gasteiger partial charge < -0.3 is 14.8 Å². The van der Waals surface area contributed by atoms with Crippen LogP contribution in [0.25, 0.3) is 10.9 Å². The Balaban J connectivity index is 1.69. The molecule has 3 rings (SSSR count). The first-order chi connectivity index (χ1) is 12.0. The number of fused-ring (bicyclic) bond motifs is 1. The number of H-pyrrole nitrogens is 1. The molecule has 0 saturated heterocycles. The summed E-state index contributed by atoms with van der Waals surface area (Å²) in [4.78, 5) is 15.8. The van der Waals surface area contributed by atoms with Gasteiger partial charge in [0.05, 0.1) is 18.7 Å². The smallest absolute Gasteiger partial charge is 0.224 e. The lowest BCUT2D eigenvalue weighted by atomic mass is 10.0. The van der Waals surface area contributed by atoms with Crippen LogP contribution < -0.4 is 5.32 Å². The van der Waals surface area contributed by atoms with Crippen molar-refractivity contribution in [1.82, 2.24) is 15.5 Å². The van der Waals surface area contributed by atoms with E-state index in [2.05, 4.69) is 48.4 Å². The van der Waals surface area contributed by atoms with Crippen molar-refractivity contribution < 1.29 is 9.32 Å². The van der Waals surface area contributed by atoms with Crippen molar-refractivity contribution in [2.75, 3.05) is 0 Å². The number of carbonyl (C=O) groups is 1. The van der Waals surface area contributed by atoms with Gasteiger partial charge in [-0.3, -0.25) is 4.79 Å². The van der Waals surface area contributed by atoms with Crippen molar-refractivity contribution in [2.24, 2.45) is 0 Å². The van der Waals surface area contributed by atoms with Crippen LogP contribution in [0.1, 0.15) is 47.2 Å². The van der Waals surface area contributed by atoms with Gasteiger partial charge in [0.2, 0.25) is 5.91 Å². The number of nitrogens with one attached hydrogen (secondary N) is 2. The second kappa shape index (κ2) is 7.13. The zero-order valence-corrected chi connectivity index (χ0v) is 15.3. The van der Waals surface area contributed by atoms with Gasteiger partial charge in [-0.15, -0.1) is 0 Å². The van der Waals surface area contributed by atoms with Crippen LogP contribution in [-0.2, 0) is 24.2 Å². The van der Waals surface area contributed by atoms with Gasteiger partial charge in [0.15, 0.2) is 5.76 Å². The Bertz CT molecular complexity index is 905. The summed E-state index contributed by atoms with van der Waals surface area (Å²) in [6, 6.07) is 6.11. The molecule has 0 bridgehead atoms. The Kier molecular flexibility index (Phi) is 4.93. The Morgan fingerprint density at radius 3 is 2.84 bits per heavy atom. The molecule has 3 aromatic rings. The van der Waals surface area contributed by atoms with Crippen molar-refractivity contribution in [2.45, 2.75) is 53.5 Å². The standard InChI is InChI=1S/C20H25N3O2/c1-5-6-15-9-16(25-23-15)11-21-19(24)10-18-14(4)22-20-13(3)12(2)7-8-17(18)20/h7-9,22H,5-6,10-11H2,1-4H3,(H,21,24). The molecule has 0 fully saturated rings. The van der Waals surface area contributed by atoms with Crippen molar-refractivity contribution in [3.8, 4) is 0 Å². The fourth-order valence-electron chi connectivity index (χ4n) is 3.14. The SMILES string of the molecule is CCCc1cc(CNC(=O)Cc2c(C)[nH]c3c(C)c(C)ccc23)on1. The number of amides is 1. The molecule has 0 radical (unpaired) electrons. The number of hydrogen-bond acceptors (Lipinski definition) is 3. The third-order valence-electron chi connectivity index (χ3n) is 4.74. The van der Waals surface area contributed by atoms with Crippen LogP contribution in [0.2, 0.25) is 0 Å². The van der Waals surface area contributed by atoms with E-state index < -0.39 is 0 Å². The van der Waals surface area contributed by atoms with E-state index >= 15 is 0 Å². The quantitative estimate of drug-likeness (QED) is 0.715. The molecule has 5 heteroatoms. The van der Waals surface area contributed by atoms with Crippen LogP contribution in [0.4, 0.5) is 0 Å². The number of nitrogens with zero attached hydrogens (tertiary/aromatic N) is 1. The second-order valence-electron chi connectivity index (χ2n) is 6.65. The average Bonchev–Trinajstić information content (AvgIpc) is 3.15. The number of hydrogen-bond donors (Lipinski definition) is 2. The monoisotopic (exact) mass is 339 g/mol. The minimum absolute atomic E-state index is 0.0179. The molecule has 0 saturated carbocycles. The van der Waals surface area contributed by atoms with Crippen molar-refractivity contribution in [1.29, 1.82) is 0 Å². The van der Waals surface area contributed by atoms with E-state index in [0.717, 1.165) is 40.7 Å². The fraction of sp³-hybridized carbons (Fsp3) is 0.400. The van der Waals surface area contributed by atoms with Gasteiger partial charge in [-0.05, 0) is 43.9 Å². The lowest BCUT2D eigenvalue weighted by molar-refractivity contribution is -0.120. The highest BCUT2D eigenvalue weighted by Crippen LogP contribution is 2.27. The summed E-state index contributed by atoms with van der Waals surface area (Å²) >= 11 is 0. The van der Waals surface area contributed by atoms with E-state index in [1.807, 2.05) is 13.0 Å². The molecule has 2 heterocycles. The van der Waals surface area contributed by atoms with Gasteiger partial charge in [-0.1, -0.05) is 30.6 Å². The lowest BCUT2D eigenvalue weighted by Crippen LogP contribution is -2.24. The fourth-order valence-corrected chi connectivity index (χ4v) is 3.14. The van der Waals surface area contributed by atoms with Gasteiger partial charge >= 0.3 is 0 Å². The molecule has 1 amide bonds. The highest BCUT2D eigenvalue weighted by atomic mass is 16.5. The van der Waals surface area contributed by atoms with Crippen LogP contribution in [0.3, 0.4) is 0 Å². The van der Waals surface area contributed by atoms with Crippen molar-refractivity contribution in [3.05, 3.63) is 52.0 Å². The molecule has 0 spiro atoms. The third-order valence-corrected chi connectivity index (χ3v) is 4.74. The first kappa shape index (κ1) is 17.3. The highest BCUT2D eigenvalue weighted by Gasteiger charge is 2.15. The number of carbonyl (C=O) groups excluding carboxylic acids is 1. The van der Waals surface area contributed by atoms with Crippen molar-refractivity contribution >= 4 is 16.8 Å². The molecule has 25 heavy (non-hydrogen) atoms. The summed E-state index contributed by atoms with van der Waals surface area (Å²) in [5.41, 5.74) is 6.64. The predicted molar refractivity (Wildman–Crippen MR) is 98.6 cm³/mol. The summed E-state index contributed by atoms with van der Waals surface area (Å²) in [5, 5.41) is 8.05. The zero-order chi connectivity index (χ0) is 18.0. The second-order valence-corrected chi connectivity index (χ2v) is 6.65. The molecule has 0 aliphatic heterocycles. The van der Waals surface area contributed by atoms with E-state index in [1.165, 1.54) is 11.1 Å². The first-order valence-electron chi connectivity index (χ1n) is 8.78. The Labute approximate surface area is 147 Å². The Hall–Kier alpha value is -2.56. The number of rotatable bonds is 6. The van der Waals surface area contributed by atoms with Crippen LogP contribution >= 0.6 is 0 Å². The van der Waals surface area contributed by atoms with E-state index in [1.54, 1.807) is 0 Å². The highest BCUT2D eigenvalue weighted by molar-refractivity contribution is 5.92. The van der Waals surface area contributed by atoms with Gasteiger partial charge in [-0.25, -0.2) is 0 Å². The normalized spacial score (nSPS) is 11.2. The van der Waals surface area contributed by atoms with Crippen LogP contribution in [-0.4, -0.2) is 16.0 Å². The minimum atomic E-state index is -0.0179. The third kappa shape index (κ3) is 3.60. The van der Waals surface area contributed by atoms with Crippen LogP contribution in [0.15, 0.2) is 22.7 Å². The Morgan fingerprint density at radius 1 is 1.28 bits per heavy atom. The maximum absolute atomic E-state index is 12.4. The Morgan fingerprint density at radius 2 is 2.08 bits per heavy atom. The van der Waals surface area contributed by atoms with Crippen molar-refractivity contribution in [3.63, 3.8) is 0 Å². The topological polar surface area (TPSA) is 70.9 Å². The molecule has 0 atom stereocenters. The number of aryl methyl sites for hydroxylation is 4. The molecule has 132 valence electrons. The first-order valence-corrected chi connectivity index (χ1v) is 8.78. The van der Waals surface area contributed by atoms with Gasteiger partial charge in [0, 0.05) is 22.7 Å². The minimum Gasteiger partial charge on any atom is -0.359 e. The van der Waals surface area contributed by atoms with E-state index in [0.29, 0.717) is 18.7 Å². The van der Waals surface area contributed by atoms with E-state index in [4.69, 9.17) is 4.52 Å².